The number of aryl methyl sites for hydroxylation is 1. The molecule has 1 unspecified atom stereocenters. The van der Waals surface area contributed by atoms with Crippen molar-refractivity contribution in [2.45, 2.75) is 30.7 Å². The number of nitrogens with two attached hydrogens (primary N) is 1. The Morgan fingerprint density at radius 3 is 2.54 bits per heavy atom. The smallest absolute Gasteiger partial charge is 0.262 e. The Morgan fingerprint density at radius 2 is 1.89 bits per heavy atom. The van der Waals surface area contributed by atoms with Gasteiger partial charge in [-0.2, -0.15) is 0 Å². The van der Waals surface area contributed by atoms with Crippen molar-refractivity contribution in [3.05, 3.63) is 59.4 Å². The first-order valence-corrected chi connectivity index (χ1v) is 10.2. The lowest BCUT2D eigenvalue weighted by molar-refractivity contribution is 0.0708. The van der Waals surface area contributed by atoms with Crippen LogP contribution >= 0.6 is 12.4 Å². The third kappa shape index (κ3) is 5.01. The van der Waals surface area contributed by atoms with Crippen LogP contribution in [0, 0.1) is 12.7 Å². The Bertz CT molecular complexity index is 951. The molecule has 152 valence electrons. The number of nitrogens with one attached hydrogen (secondary N) is 1. The molecule has 9 heteroatoms. The first-order valence-electron chi connectivity index (χ1n) is 8.70. The Balaban J connectivity index is 0.00000280. The summed E-state index contributed by atoms with van der Waals surface area (Å²) in [6.45, 7) is 2.73. The predicted octanol–water partition coefficient (Wildman–Crippen LogP) is 2.92. The van der Waals surface area contributed by atoms with Crippen molar-refractivity contribution in [1.82, 2.24) is 4.90 Å². The number of nitrogens with zero attached hydrogens (tertiary/aromatic N) is 1. The summed E-state index contributed by atoms with van der Waals surface area (Å²) in [7, 11) is -3.92. The maximum atomic E-state index is 13.0. The maximum Gasteiger partial charge on any atom is 0.262 e. The van der Waals surface area contributed by atoms with Gasteiger partial charge < -0.3 is 10.6 Å². The molecule has 0 radical (unpaired) electrons. The van der Waals surface area contributed by atoms with Crippen LogP contribution in [0.3, 0.4) is 0 Å². The summed E-state index contributed by atoms with van der Waals surface area (Å²) in [5.41, 5.74) is 6.99. The summed E-state index contributed by atoms with van der Waals surface area (Å²) >= 11 is 0. The van der Waals surface area contributed by atoms with Crippen LogP contribution in [0.4, 0.5) is 10.1 Å². The molecule has 1 atom stereocenters. The van der Waals surface area contributed by atoms with E-state index in [1.807, 2.05) is 0 Å². The number of amides is 1. The zero-order valence-electron chi connectivity index (χ0n) is 15.4. The van der Waals surface area contributed by atoms with Crippen LogP contribution in [0.1, 0.15) is 28.8 Å². The summed E-state index contributed by atoms with van der Waals surface area (Å²) in [4.78, 5) is 14.4. The van der Waals surface area contributed by atoms with Crippen molar-refractivity contribution in [3.8, 4) is 0 Å². The number of carbonyl (C=O) groups is 1. The zero-order valence-corrected chi connectivity index (χ0v) is 17.0. The molecule has 1 heterocycles. The molecular formula is C19H23ClFN3O3S. The molecule has 1 aliphatic heterocycles. The highest BCUT2D eigenvalue weighted by Gasteiger charge is 2.25. The summed E-state index contributed by atoms with van der Waals surface area (Å²) in [6.07, 6.45) is 1.70. The van der Waals surface area contributed by atoms with E-state index < -0.39 is 15.8 Å². The van der Waals surface area contributed by atoms with Crippen molar-refractivity contribution in [1.29, 1.82) is 0 Å². The van der Waals surface area contributed by atoms with Crippen molar-refractivity contribution in [2.75, 3.05) is 17.8 Å². The van der Waals surface area contributed by atoms with Gasteiger partial charge in [-0.25, -0.2) is 12.8 Å². The number of piperidine rings is 1. The van der Waals surface area contributed by atoms with Crippen LogP contribution in [0.2, 0.25) is 0 Å². The van der Waals surface area contributed by atoms with Gasteiger partial charge in [0.25, 0.3) is 15.9 Å². The van der Waals surface area contributed by atoms with Crippen LogP contribution in [0.5, 0.6) is 0 Å². The van der Waals surface area contributed by atoms with Crippen molar-refractivity contribution < 1.29 is 17.6 Å². The topological polar surface area (TPSA) is 92.5 Å². The molecule has 2 aromatic carbocycles. The van der Waals surface area contributed by atoms with Gasteiger partial charge in [-0.3, -0.25) is 9.52 Å². The SMILES string of the molecule is Cc1ccc(C(=O)N2CCCC(N)C2)cc1S(=O)(=O)Nc1ccc(F)cc1.Cl. The van der Waals surface area contributed by atoms with Crippen LogP contribution < -0.4 is 10.5 Å². The van der Waals surface area contributed by atoms with Gasteiger partial charge in [-0.15, -0.1) is 12.4 Å². The molecule has 0 aromatic heterocycles. The summed E-state index contributed by atoms with van der Waals surface area (Å²) < 4.78 is 41.0. The highest BCUT2D eigenvalue weighted by molar-refractivity contribution is 7.92. The second kappa shape index (κ2) is 8.89. The monoisotopic (exact) mass is 427 g/mol. The van der Waals surface area contributed by atoms with Crippen LogP contribution in [0.15, 0.2) is 47.4 Å². The van der Waals surface area contributed by atoms with E-state index in [0.717, 1.165) is 12.8 Å². The molecule has 0 spiro atoms. The average Bonchev–Trinajstić information content (AvgIpc) is 2.63. The average molecular weight is 428 g/mol. The number of hydrogen-bond acceptors (Lipinski definition) is 4. The van der Waals surface area contributed by atoms with Gasteiger partial charge in [0.1, 0.15) is 5.82 Å². The van der Waals surface area contributed by atoms with Crippen LogP contribution in [-0.2, 0) is 10.0 Å². The molecule has 3 rings (SSSR count). The fourth-order valence-electron chi connectivity index (χ4n) is 3.13. The Labute approximate surface area is 170 Å². The van der Waals surface area contributed by atoms with E-state index in [1.54, 1.807) is 24.0 Å². The van der Waals surface area contributed by atoms with Gasteiger partial charge in [0.15, 0.2) is 0 Å². The molecule has 1 fully saturated rings. The number of carbonyl (C=O) groups excluding carboxylic acids is 1. The van der Waals surface area contributed by atoms with Gasteiger partial charge in [0.2, 0.25) is 0 Å². The quantitative estimate of drug-likeness (QED) is 0.784. The Hall–Kier alpha value is -2.16. The number of hydrogen-bond donors (Lipinski definition) is 2. The van der Waals surface area contributed by atoms with E-state index in [2.05, 4.69) is 4.72 Å². The summed E-state index contributed by atoms with van der Waals surface area (Å²) in [5.74, 6) is -0.690. The minimum atomic E-state index is -3.92. The zero-order chi connectivity index (χ0) is 19.6. The van der Waals surface area contributed by atoms with Crippen LogP contribution in [0.25, 0.3) is 0 Å². The molecule has 0 aliphatic carbocycles. The minimum Gasteiger partial charge on any atom is -0.337 e. The predicted molar refractivity (Wildman–Crippen MR) is 109 cm³/mol. The molecule has 2 aromatic rings. The van der Waals surface area contributed by atoms with E-state index in [4.69, 9.17) is 5.73 Å². The number of likely N-dealkylation sites (tertiary alicyclic amines) is 1. The highest BCUT2D eigenvalue weighted by Crippen LogP contribution is 2.22. The molecule has 6 nitrogen and oxygen atoms in total. The van der Waals surface area contributed by atoms with E-state index in [9.17, 15) is 17.6 Å². The van der Waals surface area contributed by atoms with Gasteiger partial charge in [0.05, 0.1) is 4.90 Å². The van der Waals surface area contributed by atoms with Crippen molar-refractivity contribution in [2.24, 2.45) is 5.73 Å². The summed E-state index contributed by atoms with van der Waals surface area (Å²) in [6, 6.07) is 9.57. The number of sulfonamides is 1. The lowest BCUT2D eigenvalue weighted by atomic mass is 10.0. The molecule has 0 saturated carbocycles. The Morgan fingerprint density at radius 1 is 1.21 bits per heavy atom. The lowest BCUT2D eigenvalue weighted by Gasteiger charge is -2.31. The van der Waals surface area contributed by atoms with Crippen LogP contribution in [-0.4, -0.2) is 38.4 Å². The normalized spacial score (nSPS) is 17.0. The first-order chi connectivity index (χ1) is 12.8. The number of benzene rings is 2. The second-order valence-corrected chi connectivity index (χ2v) is 8.40. The van der Waals surface area contributed by atoms with Crippen molar-refractivity contribution >= 4 is 34.0 Å². The number of anilines is 1. The van der Waals surface area contributed by atoms with Crippen molar-refractivity contribution in [3.63, 3.8) is 0 Å². The van der Waals surface area contributed by atoms with E-state index in [0.29, 0.717) is 24.2 Å². The number of halogens is 2. The standard InChI is InChI=1S/C19H22FN3O3S.ClH/c1-13-4-5-14(19(24)23-10-2-3-16(21)12-23)11-18(13)27(25,26)22-17-8-6-15(20)7-9-17;/h4-9,11,16,22H,2-3,10,12,21H2,1H3;1H. The van der Waals surface area contributed by atoms with Gasteiger partial charge in [-0.1, -0.05) is 6.07 Å². The third-order valence-corrected chi connectivity index (χ3v) is 6.09. The lowest BCUT2D eigenvalue weighted by Crippen LogP contribution is -2.45. The number of rotatable bonds is 4. The molecule has 28 heavy (non-hydrogen) atoms. The minimum absolute atomic E-state index is 0. The molecule has 3 N–H and O–H groups in total. The van der Waals surface area contributed by atoms with E-state index in [-0.39, 0.29) is 34.9 Å². The highest BCUT2D eigenvalue weighted by atomic mass is 35.5. The second-order valence-electron chi connectivity index (χ2n) is 6.75. The van der Waals surface area contributed by atoms with Gasteiger partial charge >= 0.3 is 0 Å². The van der Waals surface area contributed by atoms with Gasteiger partial charge in [0, 0.05) is 30.4 Å². The van der Waals surface area contributed by atoms with E-state index >= 15 is 0 Å². The maximum absolute atomic E-state index is 13.0. The fraction of sp³-hybridized carbons (Fsp3) is 0.316. The molecule has 1 amide bonds. The first kappa shape index (κ1) is 22.1. The molecular weight excluding hydrogens is 405 g/mol. The van der Waals surface area contributed by atoms with E-state index in [1.165, 1.54) is 30.3 Å². The molecule has 1 saturated heterocycles. The Kier molecular flexibility index (Phi) is 7.03. The summed E-state index contributed by atoms with van der Waals surface area (Å²) in [5, 5.41) is 0. The third-order valence-electron chi connectivity index (χ3n) is 4.57. The fourth-order valence-corrected chi connectivity index (χ4v) is 4.46. The molecule has 1 aliphatic rings. The molecule has 0 bridgehead atoms. The largest absolute Gasteiger partial charge is 0.337 e. The van der Waals surface area contributed by atoms with Gasteiger partial charge in [-0.05, 0) is 61.7 Å².